The van der Waals surface area contributed by atoms with Crippen LogP contribution in [-0.4, -0.2) is 27.5 Å². The number of nitrogens with one attached hydrogen (secondary N) is 1. The van der Waals surface area contributed by atoms with Crippen LogP contribution in [0.2, 0.25) is 0 Å². The fraction of sp³-hybridized carbons (Fsp3) is 0.176. The van der Waals surface area contributed by atoms with E-state index in [9.17, 15) is 9.59 Å². The van der Waals surface area contributed by atoms with E-state index in [0.29, 0.717) is 28.9 Å². The molecule has 24 heavy (non-hydrogen) atoms. The lowest BCUT2D eigenvalue weighted by Crippen LogP contribution is -2.30. The fourth-order valence-corrected chi connectivity index (χ4v) is 2.30. The number of aromatic nitrogens is 3. The van der Waals surface area contributed by atoms with Crippen molar-refractivity contribution >= 4 is 22.5 Å². The highest BCUT2D eigenvalue weighted by molar-refractivity contribution is 5.92. The summed E-state index contributed by atoms with van der Waals surface area (Å²) in [5.41, 5.74) is 0.695. The van der Waals surface area contributed by atoms with Crippen molar-refractivity contribution in [2.45, 2.75) is 13.5 Å². The van der Waals surface area contributed by atoms with Crippen molar-refractivity contribution in [1.82, 2.24) is 15.0 Å². The Hall–Kier alpha value is -3.22. The molecule has 0 unspecified atom stereocenters. The molecular formula is C17H16N4O3. The van der Waals surface area contributed by atoms with Gasteiger partial charge in [-0.05, 0) is 31.2 Å². The normalized spacial score (nSPS) is 10.5. The molecule has 0 aliphatic carbocycles. The summed E-state index contributed by atoms with van der Waals surface area (Å²) in [7, 11) is 0. The second-order valence-corrected chi connectivity index (χ2v) is 5.05. The van der Waals surface area contributed by atoms with Gasteiger partial charge >= 0.3 is 0 Å². The molecule has 1 heterocycles. The summed E-state index contributed by atoms with van der Waals surface area (Å²) in [4.78, 5) is 24.6. The van der Waals surface area contributed by atoms with Gasteiger partial charge in [-0.1, -0.05) is 29.5 Å². The monoisotopic (exact) mass is 324 g/mol. The first-order chi connectivity index (χ1) is 11.7. The maximum absolute atomic E-state index is 12.3. The van der Waals surface area contributed by atoms with Crippen LogP contribution in [0.15, 0.2) is 53.3 Å². The number of hydrogen-bond donors (Lipinski definition) is 1. The molecule has 0 bridgehead atoms. The van der Waals surface area contributed by atoms with Gasteiger partial charge in [0, 0.05) is 0 Å². The number of rotatable bonds is 5. The van der Waals surface area contributed by atoms with Gasteiger partial charge in [-0.3, -0.25) is 9.59 Å². The van der Waals surface area contributed by atoms with Crippen LogP contribution in [0.25, 0.3) is 10.9 Å². The van der Waals surface area contributed by atoms with Crippen LogP contribution in [0.3, 0.4) is 0 Å². The first kappa shape index (κ1) is 15.7. The molecule has 0 fully saturated rings. The van der Waals surface area contributed by atoms with Crippen molar-refractivity contribution < 1.29 is 9.53 Å². The lowest BCUT2D eigenvalue weighted by Gasteiger charge is -2.11. The van der Waals surface area contributed by atoms with Crippen LogP contribution in [-0.2, 0) is 11.3 Å². The van der Waals surface area contributed by atoms with Gasteiger partial charge in [-0.15, -0.1) is 5.10 Å². The second kappa shape index (κ2) is 6.91. The number of fused-ring (bicyclic) bond motifs is 1. The molecular weight excluding hydrogens is 308 g/mol. The van der Waals surface area contributed by atoms with E-state index in [1.165, 1.54) is 0 Å². The van der Waals surface area contributed by atoms with Gasteiger partial charge in [0.25, 0.3) is 5.56 Å². The van der Waals surface area contributed by atoms with E-state index in [1.54, 1.807) is 42.5 Å². The zero-order chi connectivity index (χ0) is 16.9. The van der Waals surface area contributed by atoms with E-state index in [2.05, 4.69) is 15.6 Å². The van der Waals surface area contributed by atoms with Crippen molar-refractivity contribution in [3.8, 4) is 5.75 Å². The largest absolute Gasteiger partial charge is 0.492 e. The Labute approximate surface area is 137 Å². The summed E-state index contributed by atoms with van der Waals surface area (Å²) in [5.74, 6) is 0.194. The van der Waals surface area contributed by atoms with Gasteiger partial charge in [0.05, 0.1) is 17.7 Å². The van der Waals surface area contributed by atoms with Crippen molar-refractivity contribution in [2.24, 2.45) is 0 Å². The quantitative estimate of drug-likeness (QED) is 0.774. The molecule has 0 aliphatic heterocycles. The predicted octanol–water partition coefficient (Wildman–Crippen LogP) is 1.83. The minimum absolute atomic E-state index is 0.225. The number of para-hydroxylation sites is 2. The number of carbonyl (C=O) groups excluding carboxylic acids is 1. The maximum Gasteiger partial charge on any atom is 0.278 e. The third-order valence-electron chi connectivity index (χ3n) is 3.38. The van der Waals surface area contributed by atoms with E-state index in [4.69, 9.17) is 4.74 Å². The van der Waals surface area contributed by atoms with E-state index < -0.39 is 0 Å². The minimum Gasteiger partial charge on any atom is -0.492 e. The number of hydrogen-bond acceptors (Lipinski definition) is 5. The van der Waals surface area contributed by atoms with Crippen LogP contribution in [0.5, 0.6) is 5.75 Å². The summed E-state index contributed by atoms with van der Waals surface area (Å²) in [6, 6.07) is 14.0. The Morgan fingerprint density at radius 2 is 1.92 bits per heavy atom. The zero-order valence-corrected chi connectivity index (χ0v) is 13.1. The summed E-state index contributed by atoms with van der Waals surface area (Å²) >= 11 is 0. The molecule has 0 atom stereocenters. The molecule has 7 heteroatoms. The van der Waals surface area contributed by atoms with Gasteiger partial charge in [-0.2, -0.15) is 0 Å². The molecule has 1 aromatic heterocycles. The molecule has 7 nitrogen and oxygen atoms in total. The van der Waals surface area contributed by atoms with Gasteiger partial charge in [0.2, 0.25) is 5.91 Å². The number of anilines is 1. The molecule has 3 rings (SSSR count). The summed E-state index contributed by atoms with van der Waals surface area (Å²) in [6.07, 6.45) is 0. The summed E-state index contributed by atoms with van der Waals surface area (Å²) < 4.78 is 6.50. The predicted molar refractivity (Wildman–Crippen MR) is 90.0 cm³/mol. The van der Waals surface area contributed by atoms with Crippen LogP contribution < -0.4 is 15.6 Å². The van der Waals surface area contributed by atoms with Gasteiger partial charge < -0.3 is 10.1 Å². The highest BCUT2D eigenvalue weighted by Gasteiger charge is 2.11. The highest BCUT2D eigenvalue weighted by Crippen LogP contribution is 2.23. The van der Waals surface area contributed by atoms with E-state index in [0.717, 1.165) is 4.68 Å². The molecule has 0 saturated heterocycles. The van der Waals surface area contributed by atoms with Gasteiger partial charge in [-0.25, -0.2) is 4.68 Å². The third kappa shape index (κ3) is 3.24. The molecule has 0 saturated carbocycles. The number of amides is 1. The average Bonchev–Trinajstić information content (AvgIpc) is 2.60. The third-order valence-corrected chi connectivity index (χ3v) is 3.38. The SMILES string of the molecule is CCOc1ccccc1NC(=O)Cn1nnc2ccccc2c1=O. The molecule has 1 N–H and O–H groups in total. The molecule has 0 aliphatic rings. The highest BCUT2D eigenvalue weighted by atomic mass is 16.5. The standard InChI is InChI=1S/C17H16N4O3/c1-2-24-15-10-6-5-9-14(15)18-16(22)11-21-17(23)12-7-3-4-8-13(12)19-20-21/h3-10H,2,11H2,1H3,(H,18,22). The Morgan fingerprint density at radius 3 is 2.75 bits per heavy atom. The first-order valence-corrected chi connectivity index (χ1v) is 7.53. The van der Waals surface area contributed by atoms with Gasteiger partial charge in [0.1, 0.15) is 17.8 Å². The number of carbonyl (C=O) groups is 1. The Bertz CT molecular complexity index is 936. The van der Waals surface area contributed by atoms with Crippen molar-refractivity contribution in [3.05, 3.63) is 58.9 Å². The average molecular weight is 324 g/mol. The second-order valence-electron chi connectivity index (χ2n) is 5.05. The number of nitrogens with zero attached hydrogens (tertiary/aromatic N) is 3. The van der Waals surface area contributed by atoms with E-state index in [1.807, 2.05) is 13.0 Å². The molecule has 1 amide bonds. The molecule has 3 aromatic rings. The summed E-state index contributed by atoms with van der Waals surface area (Å²) in [5, 5.41) is 10.9. The van der Waals surface area contributed by atoms with Crippen molar-refractivity contribution in [1.29, 1.82) is 0 Å². The number of ether oxygens (including phenoxy) is 1. The summed E-state index contributed by atoms with van der Waals surface area (Å²) in [6.45, 7) is 2.13. The van der Waals surface area contributed by atoms with Crippen LogP contribution >= 0.6 is 0 Å². The minimum atomic E-state index is -0.381. The van der Waals surface area contributed by atoms with Gasteiger partial charge in [0.15, 0.2) is 0 Å². The van der Waals surface area contributed by atoms with Crippen molar-refractivity contribution in [3.63, 3.8) is 0 Å². The van der Waals surface area contributed by atoms with Crippen LogP contribution in [0.4, 0.5) is 5.69 Å². The molecule has 0 radical (unpaired) electrons. The number of benzene rings is 2. The fourth-order valence-electron chi connectivity index (χ4n) is 2.30. The molecule has 2 aromatic carbocycles. The van der Waals surface area contributed by atoms with Crippen molar-refractivity contribution in [2.75, 3.05) is 11.9 Å². The lowest BCUT2D eigenvalue weighted by molar-refractivity contribution is -0.117. The smallest absolute Gasteiger partial charge is 0.278 e. The zero-order valence-electron chi connectivity index (χ0n) is 13.1. The van der Waals surface area contributed by atoms with E-state index >= 15 is 0 Å². The Kier molecular flexibility index (Phi) is 4.51. The molecule has 122 valence electrons. The van der Waals surface area contributed by atoms with Crippen LogP contribution in [0.1, 0.15) is 6.92 Å². The Morgan fingerprint density at radius 1 is 1.17 bits per heavy atom. The van der Waals surface area contributed by atoms with Crippen LogP contribution in [0, 0.1) is 0 Å². The maximum atomic E-state index is 12.3. The first-order valence-electron chi connectivity index (χ1n) is 7.53. The lowest BCUT2D eigenvalue weighted by atomic mass is 10.2. The molecule has 0 spiro atoms. The Balaban J connectivity index is 1.81. The topological polar surface area (TPSA) is 86.1 Å². The van der Waals surface area contributed by atoms with E-state index in [-0.39, 0.29) is 18.0 Å².